The van der Waals surface area contributed by atoms with E-state index in [1.807, 2.05) is 48.5 Å². The molecule has 0 bridgehead atoms. The number of hydrogen-bond acceptors (Lipinski definition) is 5. The van der Waals surface area contributed by atoms with Crippen molar-refractivity contribution in [3.8, 4) is 23.0 Å². The second kappa shape index (κ2) is 8.35. The molecule has 0 N–H and O–H groups in total. The Morgan fingerprint density at radius 3 is 1.79 bits per heavy atom. The lowest BCUT2D eigenvalue weighted by Crippen LogP contribution is -1.97. The predicted molar refractivity (Wildman–Crippen MR) is 101 cm³/mol. The Morgan fingerprint density at radius 2 is 1.25 bits per heavy atom. The van der Waals surface area contributed by atoms with Gasteiger partial charge in [-0.05, 0) is 59.7 Å². The number of ether oxygens (including phenoxy) is 2. The summed E-state index contributed by atoms with van der Waals surface area (Å²) in [6, 6.07) is 21.4. The van der Waals surface area contributed by atoms with Crippen LogP contribution < -0.4 is 9.47 Å². The molecule has 3 aromatic carbocycles. The molecule has 0 spiro atoms. The van der Waals surface area contributed by atoms with Crippen molar-refractivity contribution in [3.63, 3.8) is 0 Å². The third-order valence-corrected chi connectivity index (χ3v) is 4.11. The Hall–Kier alpha value is -3.67. The number of halogens is 1. The summed E-state index contributed by atoms with van der Waals surface area (Å²) in [6.07, 6.45) is 1.30. The van der Waals surface area contributed by atoms with Gasteiger partial charge in [-0.15, -0.1) is 10.2 Å². The minimum absolute atomic E-state index is 0.252. The van der Waals surface area contributed by atoms with Gasteiger partial charge in [0.05, 0.1) is 0 Å². The number of aromatic nitrogens is 2. The summed E-state index contributed by atoms with van der Waals surface area (Å²) >= 11 is 0. The highest BCUT2D eigenvalue weighted by atomic mass is 19.1. The van der Waals surface area contributed by atoms with E-state index in [2.05, 4.69) is 10.2 Å². The Balaban J connectivity index is 1.29. The molecule has 140 valence electrons. The fraction of sp³-hybridized carbons (Fsp3) is 0.0909. The van der Waals surface area contributed by atoms with Crippen molar-refractivity contribution in [2.75, 3.05) is 0 Å². The quantitative estimate of drug-likeness (QED) is 0.453. The van der Waals surface area contributed by atoms with Crippen LogP contribution in [0.5, 0.6) is 11.5 Å². The smallest absolute Gasteiger partial charge is 0.247 e. The normalized spacial score (nSPS) is 10.6. The summed E-state index contributed by atoms with van der Waals surface area (Å²) in [5.74, 6) is 1.72. The van der Waals surface area contributed by atoms with E-state index in [0.29, 0.717) is 19.1 Å². The van der Waals surface area contributed by atoms with E-state index < -0.39 is 0 Å². The molecule has 0 aliphatic rings. The van der Waals surface area contributed by atoms with Gasteiger partial charge in [-0.1, -0.05) is 24.3 Å². The largest absolute Gasteiger partial charge is 0.489 e. The van der Waals surface area contributed by atoms with Crippen LogP contribution in [0.4, 0.5) is 4.39 Å². The van der Waals surface area contributed by atoms with E-state index in [1.54, 1.807) is 12.1 Å². The van der Waals surface area contributed by atoms with Crippen LogP contribution >= 0.6 is 0 Å². The minimum atomic E-state index is -0.252. The zero-order chi connectivity index (χ0) is 19.2. The van der Waals surface area contributed by atoms with E-state index in [1.165, 1.54) is 18.5 Å². The van der Waals surface area contributed by atoms with E-state index in [9.17, 15) is 4.39 Å². The molecule has 4 aromatic rings. The van der Waals surface area contributed by atoms with Gasteiger partial charge in [0.2, 0.25) is 12.3 Å². The van der Waals surface area contributed by atoms with Gasteiger partial charge in [0.25, 0.3) is 0 Å². The van der Waals surface area contributed by atoms with Crippen LogP contribution in [0.2, 0.25) is 0 Å². The van der Waals surface area contributed by atoms with Gasteiger partial charge in [-0.3, -0.25) is 0 Å². The summed E-state index contributed by atoms with van der Waals surface area (Å²) in [5.41, 5.74) is 2.78. The SMILES string of the molecule is Fc1ccc(COc2ccc(COc3ccc(-c4nnco4)cc3)cc2)cc1. The maximum Gasteiger partial charge on any atom is 0.247 e. The molecule has 6 heteroatoms. The molecular weight excluding hydrogens is 359 g/mol. The second-order valence-corrected chi connectivity index (χ2v) is 6.12. The van der Waals surface area contributed by atoms with Crippen molar-refractivity contribution < 1.29 is 18.3 Å². The maximum atomic E-state index is 12.9. The van der Waals surface area contributed by atoms with Crippen molar-refractivity contribution >= 4 is 0 Å². The summed E-state index contributed by atoms with van der Waals surface area (Å²) in [5, 5.41) is 7.53. The van der Waals surface area contributed by atoms with Gasteiger partial charge >= 0.3 is 0 Å². The first kappa shape index (κ1) is 17.7. The Morgan fingerprint density at radius 1 is 0.714 bits per heavy atom. The van der Waals surface area contributed by atoms with Crippen molar-refractivity contribution in [1.29, 1.82) is 0 Å². The maximum absolute atomic E-state index is 12.9. The molecule has 1 heterocycles. The van der Waals surface area contributed by atoms with Crippen LogP contribution in [0.3, 0.4) is 0 Å². The van der Waals surface area contributed by atoms with E-state index in [4.69, 9.17) is 13.9 Å². The Bertz CT molecular complexity index is 999. The van der Waals surface area contributed by atoms with E-state index in [-0.39, 0.29) is 5.82 Å². The molecule has 0 saturated carbocycles. The van der Waals surface area contributed by atoms with Gasteiger partial charge < -0.3 is 13.9 Å². The highest BCUT2D eigenvalue weighted by Crippen LogP contribution is 2.21. The molecule has 1 aromatic heterocycles. The van der Waals surface area contributed by atoms with Crippen LogP contribution in [0.15, 0.2) is 83.6 Å². The van der Waals surface area contributed by atoms with Crippen molar-refractivity contribution in [2.45, 2.75) is 13.2 Å². The number of benzene rings is 3. The van der Waals surface area contributed by atoms with Crippen molar-refractivity contribution in [2.24, 2.45) is 0 Å². The topological polar surface area (TPSA) is 57.4 Å². The molecular formula is C22H17FN2O3. The average Bonchev–Trinajstić information content (AvgIpc) is 3.28. The molecule has 28 heavy (non-hydrogen) atoms. The fourth-order valence-electron chi connectivity index (χ4n) is 2.59. The van der Waals surface area contributed by atoms with E-state index >= 15 is 0 Å². The monoisotopic (exact) mass is 376 g/mol. The van der Waals surface area contributed by atoms with Crippen LogP contribution in [-0.4, -0.2) is 10.2 Å². The predicted octanol–water partition coefficient (Wildman–Crippen LogP) is 5.03. The summed E-state index contributed by atoms with van der Waals surface area (Å²) in [7, 11) is 0. The number of hydrogen-bond donors (Lipinski definition) is 0. The molecule has 0 radical (unpaired) electrons. The highest BCUT2D eigenvalue weighted by molar-refractivity contribution is 5.53. The molecule has 0 unspecified atom stereocenters. The number of nitrogens with zero attached hydrogens (tertiary/aromatic N) is 2. The Labute approximate surface area is 161 Å². The van der Waals surface area contributed by atoms with Gasteiger partial charge in [-0.25, -0.2) is 4.39 Å². The molecule has 0 saturated heterocycles. The molecule has 4 rings (SSSR count). The van der Waals surface area contributed by atoms with Crippen LogP contribution in [0.1, 0.15) is 11.1 Å². The third kappa shape index (κ3) is 4.54. The fourth-order valence-corrected chi connectivity index (χ4v) is 2.59. The lowest BCUT2D eigenvalue weighted by molar-refractivity contribution is 0.300. The van der Waals surface area contributed by atoms with Gasteiger partial charge in [-0.2, -0.15) is 0 Å². The van der Waals surface area contributed by atoms with Gasteiger partial charge in [0.1, 0.15) is 30.5 Å². The summed E-state index contributed by atoms with van der Waals surface area (Å²) in [6.45, 7) is 0.834. The second-order valence-electron chi connectivity index (χ2n) is 6.12. The van der Waals surface area contributed by atoms with Crippen LogP contribution in [0, 0.1) is 5.82 Å². The Kier molecular flexibility index (Phi) is 5.29. The van der Waals surface area contributed by atoms with Gasteiger partial charge in [0.15, 0.2) is 0 Å². The zero-order valence-electron chi connectivity index (χ0n) is 14.9. The van der Waals surface area contributed by atoms with Gasteiger partial charge in [0, 0.05) is 5.56 Å². The van der Waals surface area contributed by atoms with Crippen LogP contribution in [-0.2, 0) is 13.2 Å². The molecule has 0 fully saturated rings. The summed E-state index contributed by atoms with van der Waals surface area (Å²) < 4.78 is 29.6. The first-order valence-electron chi connectivity index (χ1n) is 8.72. The average molecular weight is 376 g/mol. The first-order valence-corrected chi connectivity index (χ1v) is 8.72. The van der Waals surface area contributed by atoms with Crippen LogP contribution in [0.25, 0.3) is 11.5 Å². The number of rotatable bonds is 7. The highest BCUT2D eigenvalue weighted by Gasteiger charge is 2.04. The first-order chi connectivity index (χ1) is 13.8. The zero-order valence-corrected chi connectivity index (χ0v) is 14.9. The van der Waals surface area contributed by atoms with E-state index in [0.717, 1.165) is 28.2 Å². The lowest BCUT2D eigenvalue weighted by atomic mass is 10.2. The molecule has 5 nitrogen and oxygen atoms in total. The third-order valence-electron chi connectivity index (χ3n) is 4.11. The standard InChI is InChI=1S/C22H17FN2O3/c23-19-7-1-16(2-8-19)13-26-20-9-3-17(4-10-20)14-27-21-11-5-18(6-12-21)22-25-24-15-28-22/h1-12,15H,13-14H2. The molecule has 0 atom stereocenters. The van der Waals surface area contributed by atoms with Crippen molar-refractivity contribution in [1.82, 2.24) is 10.2 Å². The molecule has 0 aliphatic carbocycles. The lowest BCUT2D eigenvalue weighted by Gasteiger charge is -2.09. The molecule has 0 aliphatic heterocycles. The summed E-state index contributed by atoms with van der Waals surface area (Å²) in [4.78, 5) is 0. The molecule has 0 amide bonds. The minimum Gasteiger partial charge on any atom is -0.489 e. The van der Waals surface area contributed by atoms with Crippen molar-refractivity contribution in [3.05, 3.63) is 96.1 Å².